The zero-order valence-electron chi connectivity index (χ0n) is 12.3. The largest absolute Gasteiger partial charge is 0.399 e. The van der Waals surface area contributed by atoms with Crippen LogP contribution in [0.4, 0.5) is 5.69 Å². The molecule has 0 amide bonds. The third-order valence-electron chi connectivity index (χ3n) is 4.16. The van der Waals surface area contributed by atoms with Crippen molar-refractivity contribution in [2.24, 2.45) is 0 Å². The zero-order valence-corrected chi connectivity index (χ0v) is 12.3. The quantitative estimate of drug-likeness (QED) is 0.930. The highest BCUT2D eigenvalue weighted by Crippen LogP contribution is 2.22. The Labute approximate surface area is 119 Å². The molecule has 5 heteroatoms. The van der Waals surface area contributed by atoms with Crippen molar-refractivity contribution in [3.05, 3.63) is 24.2 Å². The van der Waals surface area contributed by atoms with Crippen LogP contribution >= 0.6 is 0 Å². The molecule has 0 bridgehead atoms. The highest BCUT2D eigenvalue weighted by atomic mass is 15.3. The molecule has 5 nitrogen and oxygen atoms in total. The Balaban J connectivity index is 1.80. The molecule has 0 saturated carbocycles. The fourth-order valence-electron chi connectivity index (χ4n) is 3.16. The molecule has 20 heavy (non-hydrogen) atoms. The summed E-state index contributed by atoms with van der Waals surface area (Å²) < 4.78 is 1.81. The molecule has 0 aliphatic carbocycles. The van der Waals surface area contributed by atoms with E-state index in [0.29, 0.717) is 12.1 Å². The first kappa shape index (κ1) is 13.4. The lowest BCUT2D eigenvalue weighted by atomic mass is 9.97. The SMILES string of the molecule is CC(C)N1CCCCC1Cc1nc2cc(N)ccn2n1. The Kier molecular flexibility index (Phi) is 3.61. The Hall–Kier alpha value is -1.62. The summed E-state index contributed by atoms with van der Waals surface area (Å²) in [6.45, 7) is 5.74. The van der Waals surface area contributed by atoms with Crippen LogP contribution < -0.4 is 5.73 Å². The van der Waals surface area contributed by atoms with Crippen LogP contribution in [0, 0.1) is 0 Å². The monoisotopic (exact) mass is 273 g/mol. The molecule has 1 atom stereocenters. The van der Waals surface area contributed by atoms with E-state index in [2.05, 4.69) is 28.8 Å². The zero-order chi connectivity index (χ0) is 14.1. The predicted molar refractivity (Wildman–Crippen MR) is 80.6 cm³/mol. The van der Waals surface area contributed by atoms with Crippen molar-refractivity contribution in [1.29, 1.82) is 0 Å². The molecule has 2 aromatic rings. The highest BCUT2D eigenvalue weighted by molar-refractivity contribution is 5.50. The predicted octanol–water partition coefficient (Wildman–Crippen LogP) is 2.12. The van der Waals surface area contributed by atoms with E-state index in [1.54, 1.807) is 0 Å². The van der Waals surface area contributed by atoms with Gasteiger partial charge in [0.25, 0.3) is 0 Å². The number of hydrogen-bond acceptors (Lipinski definition) is 4. The van der Waals surface area contributed by atoms with Gasteiger partial charge >= 0.3 is 0 Å². The van der Waals surface area contributed by atoms with Crippen molar-refractivity contribution >= 4 is 11.3 Å². The molecule has 1 fully saturated rings. The number of anilines is 1. The Morgan fingerprint density at radius 2 is 2.25 bits per heavy atom. The average Bonchev–Trinajstić information content (AvgIpc) is 2.80. The topological polar surface area (TPSA) is 59.5 Å². The summed E-state index contributed by atoms with van der Waals surface area (Å²) >= 11 is 0. The molecule has 1 aliphatic rings. The van der Waals surface area contributed by atoms with E-state index in [1.165, 1.54) is 25.8 Å². The summed E-state index contributed by atoms with van der Waals surface area (Å²) in [7, 11) is 0. The van der Waals surface area contributed by atoms with E-state index >= 15 is 0 Å². The molecule has 3 heterocycles. The van der Waals surface area contributed by atoms with E-state index in [9.17, 15) is 0 Å². The van der Waals surface area contributed by atoms with Crippen molar-refractivity contribution in [3.8, 4) is 0 Å². The van der Waals surface area contributed by atoms with Crippen LogP contribution in [0.2, 0.25) is 0 Å². The van der Waals surface area contributed by atoms with Crippen LogP contribution in [0.25, 0.3) is 5.65 Å². The maximum absolute atomic E-state index is 5.79. The number of hydrogen-bond donors (Lipinski definition) is 1. The first-order valence-corrected chi connectivity index (χ1v) is 7.50. The summed E-state index contributed by atoms with van der Waals surface area (Å²) in [5, 5.41) is 4.57. The summed E-state index contributed by atoms with van der Waals surface area (Å²) in [4.78, 5) is 7.19. The van der Waals surface area contributed by atoms with E-state index in [-0.39, 0.29) is 0 Å². The van der Waals surface area contributed by atoms with Crippen molar-refractivity contribution < 1.29 is 0 Å². The fraction of sp³-hybridized carbons (Fsp3) is 0.600. The van der Waals surface area contributed by atoms with Crippen LogP contribution in [-0.4, -0.2) is 38.1 Å². The second-order valence-electron chi connectivity index (χ2n) is 5.98. The van der Waals surface area contributed by atoms with Gasteiger partial charge in [-0.25, -0.2) is 9.50 Å². The fourth-order valence-corrected chi connectivity index (χ4v) is 3.16. The number of nitrogens with zero attached hydrogens (tertiary/aromatic N) is 4. The normalized spacial score (nSPS) is 20.9. The maximum atomic E-state index is 5.79. The molecule has 0 radical (unpaired) electrons. The first-order chi connectivity index (χ1) is 9.63. The number of piperidine rings is 1. The van der Waals surface area contributed by atoms with Gasteiger partial charge in [-0.15, -0.1) is 0 Å². The van der Waals surface area contributed by atoms with Gasteiger partial charge in [0.2, 0.25) is 0 Å². The van der Waals surface area contributed by atoms with Crippen molar-refractivity contribution in [1.82, 2.24) is 19.5 Å². The lowest BCUT2D eigenvalue weighted by Gasteiger charge is -2.38. The standard InChI is InChI=1S/C15H23N5/c1-11(2)19-7-4-3-5-13(19)10-14-17-15-9-12(16)6-8-20(15)18-14/h6,8-9,11,13H,3-5,7,10,16H2,1-2H3. The molecule has 1 unspecified atom stereocenters. The summed E-state index contributed by atoms with van der Waals surface area (Å²) in [5.74, 6) is 0.924. The molecule has 0 aromatic carbocycles. The van der Waals surface area contributed by atoms with Crippen LogP contribution in [0.5, 0.6) is 0 Å². The Morgan fingerprint density at radius 1 is 1.40 bits per heavy atom. The van der Waals surface area contributed by atoms with Gasteiger partial charge in [0.15, 0.2) is 11.5 Å². The smallest absolute Gasteiger partial charge is 0.157 e. The van der Waals surface area contributed by atoms with E-state index < -0.39 is 0 Å². The second kappa shape index (κ2) is 5.40. The molecule has 2 aromatic heterocycles. The van der Waals surface area contributed by atoms with E-state index in [1.807, 2.05) is 22.8 Å². The molecule has 2 N–H and O–H groups in total. The number of aromatic nitrogens is 3. The molecule has 108 valence electrons. The second-order valence-corrected chi connectivity index (χ2v) is 5.98. The van der Waals surface area contributed by atoms with Crippen molar-refractivity contribution in [3.63, 3.8) is 0 Å². The molecule has 0 spiro atoms. The number of likely N-dealkylation sites (tertiary alicyclic amines) is 1. The number of nitrogens with two attached hydrogens (primary N) is 1. The number of rotatable bonds is 3. The van der Waals surface area contributed by atoms with Gasteiger partial charge in [-0.05, 0) is 39.3 Å². The minimum atomic E-state index is 0.568. The minimum Gasteiger partial charge on any atom is -0.399 e. The van der Waals surface area contributed by atoms with Crippen LogP contribution in [-0.2, 0) is 6.42 Å². The van der Waals surface area contributed by atoms with Crippen molar-refractivity contribution in [2.45, 2.75) is 51.6 Å². The highest BCUT2D eigenvalue weighted by Gasteiger charge is 2.25. The molecule has 1 aliphatic heterocycles. The lowest BCUT2D eigenvalue weighted by molar-refractivity contribution is 0.110. The Bertz CT molecular complexity index is 589. The van der Waals surface area contributed by atoms with Gasteiger partial charge < -0.3 is 5.73 Å². The molecule has 3 rings (SSSR count). The number of fused-ring (bicyclic) bond motifs is 1. The minimum absolute atomic E-state index is 0.568. The van der Waals surface area contributed by atoms with Gasteiger partial charge in [0.05, 0.1) is 0 Å². The third kappa shape index (κ3) is 2.63. The van der Waals surface area contributed by atoms with Gasteiger partial charge in [0, 0.05) is 36.5 Å². The van der Waals surface area contributed by atoms with Crippen LogP contribution in [0.1, 0.15) is 38.9 Å². The van der Waals surface area contributed by atoms with Gasteiger partial charge in [0.1, 0.15) is 0 Å². The maximum Gasteiger partial charge on any atom is 0.157 e. The summed E-state index contributed by atoms with van der Waals surface area (Å²) in [6.07, 6.45) is 6.68. The van der Waals surface area contributed by atoms with Crippen molar-refractivity contribution in [2.75, 3.05) is 12.3 Å². The number of nitrogen functional groups attached to an aromatic ring is 1. The van der Waals surface area contributed by atoms with E-state index in [0.717, 1.165) is 23.6 Å². The van der Waals surface area contributed by atoms with Gasteiger partial charge in [-0.1, -0.05) is 6.42 Å². The number of pyridine rings is 1. The Morgan fingerprint density at radius 3 is 3.05 bits per heavy atom. The lowest BCUT2D eigenvalue weighted by Crippen LogP contribution is -2.45. The molecular weight excluding hydrogens is 250 g/mol. The first-order valence-electron chi connectivity index (χ1n) is 7.50. The average molecular weight is 273 g/mol. The molecule has 1 saturated heterocycles. The van der Waals surface area contributed by atoms with Crippen LogP contribution in [0.15, 0.2) is 18.3 Å². The molecular formula is C15H23N5. The van der Waals surface area contributed by atoms with Gasteiger partial charge in [-0.3, -0.25) is 4.90 Å². The summed E-state index contributed by atoms with van der Waals surface area (Å²) in [6, 6.07) is 4.89. The summed E-state index contributed by atoms with van der Waals surface area (Å²) in [5.41, 5.74) is 7.36. The van der Waals surface area contributed by atoms with E-state index in [4.69, 9.17) is 5.73 Å². The van der Waals surface area contributed by atoms with Crippen LogP contribution in [0.3, 0.4) is 0 Å². The third-order valence-corrected chi connectivity index (χ3v) is 4.16. The van der Waals surface area contributed by atoms with Gasteiger partial charge in [-0.2, -0.15) is 5.10 Å².